The first-order chi connectivity index (χ1) is 15.9. The van der Waals surface area contributed by atoms with Crippen molar-refractivity contribution >= 4 is 15.9 Å². The Hall–Kier alpha value is -1.65. The zero-order valence-electron chi connectivity index (χ0n) is 19.7. The van der Waals surface area contributed by atoms with E-state index in [0.717, 1.165) is 16.8 Å². The van der Waals surface area contributed by atoms with Gasteiger partial charge in [-0.1, -0.05) is 32.0 Å². The fourth-order valence-corrected chi connectivity index (χ4v) is 7.71. The van der Waals surface area contributed by atoms with Gasteiger partial charge >= 0.3 is 6.18 Å². The predicted octanol–water partition coefficient (Wildman–Crippen LogP) is 3.61. The van der Waals surface area contributed by atoms with E-state index in [9.17, 15) is 26.4 Å². The molecule has 4 atom stereocenters. The molecule has 1 aliphatic heterocycles. The second-order valence-corrected chi connectivity index (χ2v) is 12.7. The van der Waals surface area contributed by atoms with Gasteiger partial charge in [0, 0.05) is 19.6 Å². The lowest BCUT2D eigenvalue weighted by atomic mass is 9.97. The van der Waals surface area contributed by atoms with Crippen LogP contribution in [0, 0.1) is 17.8 Å². The third kappa shape index (κ3) is 5.28. The van der Waals surface area contributed by atoms with Crippen molar-refractivity contribution in [3.05, 3.63) is 35.4 Å². The molecular weight excluding hydrogens is 467 g/mol. The maximum atomic E-state index is 13.3. The first-order valence-corrected chi connectivity index (χ1v) is 13.6. The van der Waals surface area contributed by atoms with E-state index >= 15 is 0 Å². The highest BCUT2D eigenvalue weighted by molar-refractivity contribution is 7.90. The van der Waals surface area contributed by atoms with Gasteiger partial charge in [-0.25, -0.2) is 12.7 Å². The molecular formula is C24H34F3N3O3S. The number of sulfonamides is 1. The van der Waals surface area contributed by atoms with Crippen molar-refractivity contribution in [2.45, 2.75) is 76.0 Å². The first-order valence-electron chi connectivity index (χ1n) is 12.1. The van der Waals surface area contributed by atoms with Crippen LogP contribution in [0.1, 0.15) is 57.1 Å². The van der Waals surface area contributed by atoms with Crippen LogP contribution in [-0.2, 0) is 27.5 Å². The van der Waals surface area contributed by atoms with Crippen LogP contribution in [0.25, 0.3) is 0 Å². The highest BCUT2D eigenvalue weighted by Gasteiger charge is 2.53. The molecule has 1 aromatic rings. The molecule has 1 amide bonds. The van der Waals surface area contributed by atoms with Crippen LogP contribution in [0.5, 0.6) is 0 Å². The van der Waals surface area contributed by atoms with Crippen LogP contribution in [0.4, 0.5) is 13.2 Å². The molecule has 3 fully saturated rings. The number of hydrogen-bond donors (Lipinski definition) is 1. The Balaban J connectivity index is 1.52. The lowest BCUT2D eigenvalue weighted by molar-refractivity contribution is -0.137. The Morgan fingerprint density at radius 1 is 1.18 bits per heavy atom. The van der Waals surface area contributed by atoms with Crippen molar-refractivity contribution in [1.29, 1.82) is 0 Å². The molecule has 1 aromatic carbocycles. The van der Waals surface area contributed by atoms with Gasteiger partial charge in [-0.15, -0.1) is 0 Å². The van der Waals surface area contributed by atoms with Gasteiger partial charge in [0.1, 0.15) is 0 Å². The van der Waals surface area contributed by atoms with Crippen molar-refractivity contribution in [3.63, 3.8) is 0 Å². The highest BCUT2D eigenvalue weighted by atomic mass is 32.2. The number of halogens is 3. The molecule has 190 valence electrons. The lowest BCUT2D eigenvalue weighted by Crippen LogP contribution is -2.54. The standard InChI is InChI=1S/C24H34F3N3O3S/c1-15(2)10-21(28)23(31)30(34(32,33)19-7-8-19)22-9-6-17-13-29(14-20(17)22)12-16-4-3-5-18(11-16)24(25,26)27/h3-5,11,15,17,19-22H,6-10,12-14,28H2,1-2H3/t17-,20+,21-,22-/m0/s1. The quantitative estimate of drug-likeness (QED) is 0.589. The summed E-state index contributed by atoms with van der Waals surface area (Å²) in [7, 11) is -3.77. The molecule has 0 unspecified atom stereocenters. The first kappa shape index (κ1) is 25.4. The van der Waals surface area contributed by atoms with Crippen LogP contribution in [0.15, 0.2) is 24.3 Å². The molecule has 2 N–H and O–H groups in total. The molecule has 4 rings (SSSR count). The van der Waals surface area contributed by atoms with Gasteiger partial charge in [0.05, 0.1) is 22.9 Å². The highest BCUT2D eigenvalue weighted by Crippen LogP contribution is 2.44. The second-order valence-electron chi connectivity index (χ2n) is 10.6. The molecule has 1 heterocycles. The summed E-state index contributed by atoms with van der Waals surface area (Å²) < 4.78 is 67.1. The summed E-state index contributed by atoms with van der Waals surface area (Å²) in [5, 5.41) is -0.510. The van der Waals surface area contributed by atoms with Gasteiger partial charge in [-0.2, -0.15) is 13.2 Å². The molecule has 1 saturated heterocycles. The summed E-state index contributed by atoms with van der Waals surface area (Å²) in [6.45, 7) is 5.48. The van der Waals surface area contributed by atoms with E-state index in [4.69, 9.17) is 5.73 Å². The van der Waals surface area contributed by atoms with Gasteiger partial charge in [0.2, 0.25) is 10.0 Å². The van der Waals surface area contributed by atoms with Gasteiger partial charge < -0.3 is 5.73 Å². The van der Waals surface area contributed by atoms with Gasteiger partial charge in [0.25, 0.3) is 5.91 Å². The van der Waals surface area contributed by atoms with Crippen LogP contribution in [-0.4, -0.2) is 54.0 Å². The lowest BCUT2D eigenvalue weighted by Gasteiger charge is -2.34. The van der Waals surface area contributed by atoms with E-state index < -0.39 is 45.0 Å². The average Bonchev–Trinajstić information content (AvgIpc) is 3.44. The van der Waals surface area contributed by atoms with E-state index in [-0.39, 0.29) is 17.8 Å². The molecule has 0 bridgehead atoms. The second kappa shape index (κ2) is 9.43. The Morgan fingerprint density at radius 3 is 2.50 bits per heavy atom. The fourth-order valence-electron chi connectivity index (χ4n) is 5.63. The maximum absolute atomic E-state index is 13.3. The number of carbonyl (C=O) groups excluding carboxylic acids is 1. The van der Waals surface area contributed by atoms with E-state index in [1.54, 1.807) is 6.07 Å². The Bertz CT molecular complexity index is 1010. The Morgan fingerprint density at radius 2 is 1.88 bits per heavy atom. The van der Waals surface area contributed by atoms with Crippen LogP contribution < -0.4 is 5.73 Å². The minimum Gasteiger partial charge on any atom is -0.320 e. The molecule has 0 aromatic heterocycles. The zero-order chi connectivity index (χ0) is 24.8. The molecule has 6 nitrogen and oxygen atoms in total. The number of fused-ring (bicyclic) bond motifs is 1. The van der Waals surface area contributed by atoms with Crippen LogP contribution in [0.2, 0.25) is 0 Å². The number of nitrogens with zero attached hydrogens (tertiary/aromatic N) is 2. The largest absolute Gasteiger partial charge is 0.416 e. The minimum atomic E-state index is -4.39. The molecule has 3 aliphatic rings. The molecule has 10 heteroatoms. The van der Waals surface area contributed by atoms with Crippen molar-refractivity contribution in [2.75, 3.05) is 13.1 Å². The molecule has 0 radical (unpaired) electrons. The number of rotatable bonds is 8. The van der Waals surface area contributed by atoms with E-state index in [2.05, 4.69) is 4.90 Å². The topological polar surface area (TPSA) is 83.7 Å². The van der Waals surface area contributed by atoms with E-state index in [0.29, 0.717) is 50.9 Å². The Kier molecular flexibility index (Phi) is 7.05. The fraction of sp³-hybridized carbons (Fsp3) is 0.708. The third-order valence-corrected chi connectivity index (χ3v) is 9.65. The Labute approximate surface area is 199 Å². The normalized spacial score (nSPS) is 26.6. The number of likely N-dealkylation sites (tertiary alicyclic amines) is 1. The van der Waals surface area contributed by atoms with Crippen molar-refractivity contribution in [2.24, 2.45) is 23.5 Å². The van der Waals surface area contributed by atoms with Crippen LogP contribution >= 0.6 is 0 Å². The van der Waals surface area contributed by atoms with Crippen molar-refractivity contribution in [3.8, 4) is 0 Å². The summed E-state index contributed by atoms with van der Waals surface area (Å²) in [4.78, 5) is 15.4. The average molecular weight is 502 g/mol. The summed E-state index contributed by atoms with van der Waals surface area (Å²) in [6, 6.07) is 4.02. The molecule has 2 saturated carbocycles. The monoisotopic (exact) mass is 501 g/mol. The van der Waals surface area contributed by atoms with Crippen molar-refractivity contribution < 1.29 is 26.4 Å². The summed E-state index contributed by atoms with van der Waals surface area (Å²) in [5.41, 5.74) is 6.06. The predicted molar refractivity (Wildman–Crippen MR) is 123 cm³/mol. The maximum Gasteiger partial charge on any atom is 0.416 e. The number of amides is 1. The van der Waals surface area contributed by atoms with Gasteiger partial charge in [-0.3, -0.25) is 9.69 Å². The SMILES string of the molecule is CC(C)C[C@H](N)C(=O)N([C@H]1CC[C@H]2CN(Cc3cccc(C(F)(F)F)c3)C[C@H]21)S(=O)(=O)C1CC1. The van der Waals surface area contributed by atoms with Gasteiger partial charge in [0.15, 0.2) is 0 Å². The third-order valence-electron chi connectivity index (χ3n) is 7.34. The number of hydrogen-bond acceptors (Lipinski definition) is 5. The van der Waals surface area contributed by atoms with Gasteiger partial charge in [-0.05, 0) is 61.5 Å². The number of alkyl halides is 3. The number of benzene rings is 1. The summed E-state index contributed by atoms with van der Waals surface area (Å²) >= 11 is 0. The summed E-state index contributed by atoms with van der Waals surface area (Å²) in [6.07, 6.45) is -1.45. The molecule has 34 heavy (non-hydrogen) atoms. The van der Waals surface area contributed by atoms with Crippen LogP contribution in [0.3, 0.4) is 0 Å². The number of nitrogens with two attached hydrogens (primary N) is 1. The van der Waals surface area contributed by atoms with E-state index in [1.807, 2.05) is 13.8 Å². The number of carbonyl (C=O) groups is 1. The zero-order valence-corrected chi connectivity index (χ0v) is 20.5. The molecule has 2 aliphatic carbocycles. The smallest absolute Gasteiger partial charge is 0.320 e. The summed E-state index contributed by atoms with van der Waals surface area (Å²) in [5.74, 6) is -0.172. The minimum absolute atomic E-state index is 0.0328. The molecule has 0 spiro atoms. The van der Waals surface area contributed by atoms with E-state index in [1.165, 1.54) is 12.1 Å². The van der Waals surface area contributed by atoms with Crippen molar-refractivity contribution in [1.82, 2.24) is 9.21 Å².